The Bertz CT molecular complexity index is 669. The molecule has 5 heteroatoms. The molecule has 0 fully saturated rings. The van der Waals surface area contributed by atoms with Crippen molar-refractivity contribution in [2.45, 2.75) is 0 Å². The summed E-state index contributed by atoms with van der Waals surface area (Å²) in [6.07, 6.45) is 3.08. The van der Waals surface area contributed by atoms with E-state index >= 15 is 0 Å². The molecule has 0 saturated carbocycles. The first kappa shape index (κ1) is 11.5. The highest BCUT2D eigenvalue weighted by atomic mass is 19.1. The molecule has 1 aromatic heterocycles. The van der Waals surface area contributed by atoms with Gasteiger partial charge in [0.2, 0.25) is 0 Å². The second kappa shape index (κ2) is 4.61. The van der Waals surface area contributed by atoms with Crippen molar-refractivity contribution in [3.63, 3.8) is 0 Å². The lowest BCUT2D eigenvalue weighted by molar-refractivity contribution is -0.116. The quantitative estimate of drug-likeness (QED) is 0.785. The van der Waals surface area contributed by atoms with E-state index in [1.165, 1.54) is 23.2 Å². The first-order valence-corrected chi connectivity index (χ1v) is 5.80. The van der Waals surface area contributed by atoms with E-state index in [4.69, 9.17) is 0 Å². The van der Waals surface area contributed by atoms with Crippen LogP contribution in [0.15, 0.2) is 47.6 Å². The summed E-state index contributed by atoms with van der Waals surface area (Å²) >= 11 is 0. The maximum Gasteiger partial charge on any atom is 0.254 e. The van der Waals surface area contributed by atoms with E-state index in [0.717, 1.165) is 5.56 Å². The summed E-state index contributed by atoms with van der Waals surface area (Å²) in [7, 11) is 0. The minimum absolute atomic E-state index is 0.00505. The van der Waals surface area contributed by atoms with Crippen molar-refractivity contribution in [2.75, 3.05) is 11.4 Å². The molecule has 1 aliphatic rings. The molecular formula is C14H10FN3O. The minimum atomic E-state index is -0.535. The number of rotatable bonds is 1. The Morgan fingerprint density at radius 2 is 2.00 bits per heavy atom. The number of benzodiazepines with no additional fused rings is 1. The van der Waals surface area contributed by atoms with Crippen LogP contribution >= 0.6 is 0 Å². The second-order valence-corrected chi connectivity index (χ2v) is 4.07. The van der Waals surface area contributed by atoms with Crippen LogP contribution in [0.25, 0.3) is 0 Å². The molecule has 0 radical (unpaired) electrons. The van der Waals surface area contributed by atoms with Crippen LogP contribution in [0.5, 0.6) is 0 Å². The van der Waals surface area contributed by atoms with Gasteiger partial charge in [0.15, 0.2) is 11.6 Å². The number of nitrogens with zero attached hydrogens (tertiary/aromatic N) is 3. The molecule has 2 heterocycles. The molecule has 0 aliphatic carbocycles. The molecule has 0 unspecified atom stereocenters. The number of anilines is 2. The lowest BCUT2D eigenvalue weighted by atomic mass is 10.1. The van der Waals surface area contributed by atoms with Crippen molar-refractivity contribution in [3.05, 3.63) is 54.0 Å². The molecule has 0 bridgehead atoms. The first-order valence-electron chi connectivity index (χ1n) is 5.80. The highest BCUT2D eigenvalue weighted by Crippen LogP contribution is 2.29. The maximum absolute atomic E-state index is 13.9. The molecule has 1 amide bonds. The zero-order valence-corrected chi connectivity index (χ0v) is 9.95. The van der Waals surface area contributed by atoms with Gasteiger partial charge in [0.05, 0.1) is 5.69 Å². The van der Waals surface area contributed by atoms with Gasteiger partial charge >= 0.3 is 0 Å². The van der Waals surface area contributed by atoms with Gasteiger partial charge < -0.3 is 0 Å². The number of halogens is 1. The summed E-state index contributed by atoms with van der Waals surface area (Å²) in [6.45, 7) is -0.0231. The predicted molar refractivity (Wildman–Crippen MR) is 70.2 cm³/mol. The van der Waals surface area contributed by atoms with Crippen LogP contribution in [0, 0.1) is 5.82 Å². The number of aromatic nitrogens is 1. The van der Waals surface area contributed by atoms with Crippen LogP contribution in [0.3, 0.4) is 0 Å². The number of amides is 1. The molecule has 1 aliphatic heterocycles. The molecule has 0 spiro atoms. The number of carbonyl (C=O) groups excluding carboxylic acids is 1. The molecule has 94 valence electrons. The standard InChI is InChI=1S/C14H10FN3O/c15-11-5-3-7-17-14(11)18-12-6-2-1-4-10(12)8-16-9-13(18)19/h1-8H,9H2. The van der Waals surface area contributed by atoms with Crippen LogP contribution in [0.2, 0.25) is 0 Å². The summed E-state index contributed by atoms with van der Waals surface area (Å²) in [5.74, 6) is -0.836. The molecule has 19 heavy (non-hydrogen) atoms. The molecule has 0 atom stereocenters. The van der Waals surface area contributed by atoms with E-state index in [9.17, 15) is 9.18 Å². The van der Waals surface area contributed by atoms with Gasteiger partial charge in [-0.1, -0.05) is 18.2 Å². The van der Waals surface area contributed by atoms with Gasteiger partial charge in [0, 0.05) is 18.0 Å². The predicted octanol–water partition coefficient (Wildman–Crippen LogP) is 2.32. The maximum atomic E-state index is 13.9. The molecular weight excluding hydrogens is 245 g/mol. The molecule has 4 nitrogen and oxygen atoms in total. The van der Waals surface area contributed by atoms with Crippen LogP contribution < -0.4 is 4.90 Å². The van der Waals surface area contributed by atoms with Crippen LogP contribution in [0.4, 0.5) is 15.9 Å². The Balaban J connectivity index is 2.20. The van der Waals surface area contributed by atoms with E-state index in [-0.39, 0.29) is 18.3 Å². The van der Waals surface area contributed by atoms with Crippen LogP contribution in [-0.4, -0.2) is 23.7 Å². The van der Waals surface area contributed by atoms with Crippen molar-refractivity contribution in [1.82, 2.24) is 4.98 Å². The van der Waals surface area contributed by atoms with Crippen molar-refractivity contribution >= 4 is 23.6 Å². The van der Waals surface area contributed by atoms with Gasteiger partial charge in [-0.05, 0) is 18.2 Å². The zero-order valence-electron chi connectivity index (χ0n) is 9.95. The monoisotopic (exact) mass is 255 g/mol. The van der Waals surface area contributed by atoms with Crippen molar-refractivity contribution < 1.29 is 9.18 Å². The van der Waals surface area contributed by atoms with E-state index in [0.29, 0.717) is 5.69 Å². The summed E-state index contributed by atoms with van der Waals surface area (Å²) in [4.78, 5) is 21.4. The van der Waals surface area contributed by atoms with E-state index < -0.39 is 5.82 Å². The van der Waals surface area contributed by atoms with Crippen molar-refractivity contribution in [3.8, 4) is 0 Å². The Kier molecular flexibility index (Phi) is 2.79. The summed E-state index contributed by atoms with van der Waals surface area (Å²) in [6, 6.07) is 9.98. The number of hydrogen-bond donors (Lipinski definition) is 0. The smallest absolute Gasteiger partial charge is 0.254 e. The third kappa shape index (κ3) is 1.99. The fraction of sp³-hybridized carbons (Fsp3) is 0.0714. The topological polar surface area (TPSA) is 45.6 Å². The largest absolute Gasteiger partial charge is 0.283 e. The third-order valence-electron chi connectivity index (χ3n) is 2.83. The van der Waals surface area contributed by atoms with E-state index in [1.54, 1.807) is 18.3 Å². The normalized spacial score (nSPS) is 14.2. The Hall–Kier alpha value is -2.56. The number of benzene rings is 1. The number of para-hydroxylation sites is 1. The summed E-state index contributed by atoms with van der Waals surface area (Å²) < 4.78 is 13.9. The van der Waals surface area contributed by atoms with Crippen molar-refractivity contribution in [1.29, 1.82) is 0 Å². The molecule has 0 N–H and O–H groups in total. The fourth-order valence-corrected chi connectivity index (χ4v) is 2.00. The molecule has 2 aromatic rings. The molecule has 3 rings (SSSR count). The average Bonchev–Trinajstić information content (AvgIpc) is 2.58. The van der Waals surface area contributed by atoms with Gasteiger partial charge in [-0.25, -0.2) is 9.37 Å². The summed E-state index contributed by atoms with van der Waals surface area (Å²) in [5.41, 5.74) is 1.35. The Morgan fingerprint density at radius 1 is 1.16 bits per heavy atom. The first-order chi connectivity index (χ1) is 9.27. The second-order valence-electron chi connectivity index (χ2n) is 4.07. The highest BCUT2D eigenvalue weighted by Gasteiger charge is 2.25. The zero-order chi connectivity index (χ0) is 13.2. The number of aliphatic imine (C=N–C) groups is 1. The Labute approximate surface area is 109 Å². The minimum Gasteiger partial charge on any atom is -0.283 e. The SMILES string of the molecule is O=C1CN=Cc2ccccc2N1c1ncccc1F. The van der Waals surface area contributed by atoms with Gasteiger partial charge in [-0.15, -0.1) is 0 Å². The van der Waals surface area contributed by atoms with Gasteiger partial charge in [-0.2, -0.15) is 0 Å². The van der Waals surface area contributed by atoms with Crippen LogP contribution in [-0.2, 0) is 4.79 Å². The number of hydrogen-bond acceptors (Lipinski definition) is 3. The van der Waals surface area contributed by atoms with Crippen LogP contribution in [0.1, 0.15) is 5.56 Å². The fourth-order valence-electron chi connectivity index (χ4n) is 2.00. The lowest BCUT2D eigenvalue weighted by Gasteiger charge is -2.21. The Morgan fingerprint density at radius 3 is 2.84 bits per heavy atom. The van der Waals surface area contributed by atoms with Gasteiger partial charge in [0.25, 0.3) is 5.91 Å². The third-order valence-corrected chi connectivity index (χ3v) is 2.83. The van der Waals surface area contributed by atoms with Gasteiger partial charge in [-0.3, -0.25) is 14.7 Å². The number of pyridine rings is 1. The molecule has 1 aromatic carbocycles. The number of fused-ring (bicyclic) bond motifs is 1. The van der Waals surface area contributed by atoms with Gasteiger partial charge in [0.1, 0.15) is 6.54 Å². The average molecular weight is 255 g/mol. The highest BCUT2D eigenvalue weighted by molar-refractivity contribution is 6.07. The van der Waals surface area contributed by atoms with E-state index in [1.807, 2.05) is 12.1 Å². The number of carbonyl (C=O) groups is 1. The molecule has 0 saturated heterocycles. The van der Waals surface area contributed by atoms with E-state index in [2.05, 4.69) is 9.98 Å². The summed E-state index contributed by atoms with van der Waals surface area (Å²) in [5, 5.41) is 0. The lowest BCUT2D eigenvalue weighted by Crippen LogP contribution is -2.29. The van der Waals surface area contributed by atoms with Crippen molar-refractivity contribution in [2.24, 2.45) is 4.99 Å².